The van der Waals surface area contributed by atoms with Crippen LogP contribution in [0, 0.1) is 5.92 Å². The lowest BCUT2D eigenvalue weighted by atomic mass is 9.86. The molecule has 7 nitrogen and oxygen atoms in total. The van der Waals surface area contributed by atoms with Gasteiger partial charge in [0.25, 0.3) is 10.0 Å². The molecule has 19 heavy (non-hydrogen) atoms. The summed E-state index contributed by atoms with van der Waals surface area (Å²) in [7, 11) is -2.17. The summed E-state index contributed by atoms with van der Waals surface area (Å²) >= 11 is 3.09. The second kappa shape index (κ2) is 5.86. The zero-order valence-electron chi connectivity index (χ0n) is 10.6. The fourth-order valence-corrected chi connectivity index (χ4v) is 4.88. The average molecular weight is 353 g/mol. The van der Waals surface area contributed by atoms with Gasteiger partial charge in [0.1, 0.15) is 0 Å². The van der Waals surface area contributed by atoms with Crippen molar-refractivity contribution in [3.63, 3.8) is 0 Å². The van der Waals surface area contributed by atoms with Crippen molar-refractivity contribution in [1.82, 2.24) is 19.7 Å². The number of aliphatic hydroxyl groups is 1. The molecule has 108 valence electrons. The number of hydrogen-bond donors (Lipinski definition) is 2. The largest absolute Gasteiger partial charge is 0.396 e. The van der Waals surface area contributed by atoms with E-state index in [2.05, 4.69) is 31.0 Å². The maximum Gasteiger partial charge on any atom is 0.260 e. The first-order valence-electron chi connectivity index (χ1n) is 6.14. The van der Waals surface area contributed by atoms with E-state index in [0.717, 1.165) is 25.7 Å². The monoisotopic (exact) mass is 352 g/mol. The van der Waals surface area contributed by atoms with E-state index in [9.17, 15) is 13.5 Å². The highest BCUT2D eigenvalue weighted by molar-refractivity contribution is 9.10. The Hall–Kier alpha value is -0.510. The van der Waals surface area contributed by atoms with Crippen molar-refractivity contribution >= 4 is 26.0 Å². The second-order valence-corrected chi connectivity index (χ2v) is 7.14. The van der Waals surface area contributed by atoms with Gasteiger partial charge in [0.2, 0.25) is 5.03 Å². The normalized spacial score (nSPS) is 24.6. The summed E-state index contributed by atoms with van der Waals surface area (Å²) in [5.74, 6) is -0.0245. The quantitative estimate of drug-likeness (QED) is 0.817. The van der Waals surface area contributed by atoms with Crippen LogP contribution >= 0.6 is 15.9 Å². The fourth-order valence-electron chi connectivity index (χ4n) is 2.44. The van der Waals surface area contributed by atoms with Crippen LogP contribution in [0.4, 0.5) is 0 Å². The predicted molar refractivity (Wildman–Crippen MR) is 71.9 cm³/mol. The Labute approximate surface area is 120 Å². The Bertz CT molecular complexity index is 525. The van der Waals surface area contributed by atoms with Crippen molar-refractivity contribution in [3.05, 3.63) is 4.60 Å². The topological polar surface area (TPSA) is 97.1 Å². The van der Waals surface area contributed by atoms with E-state index in [-0.39, 0.29) is 28.2 Å². The van der Waals surface area contributed by atoms with Gasteiger partial charge in [-0.25, -0.2) is 17.8 Å². The minimum absolute atomic E-state index is 0.00199. The Kier molecular flexibility index (Phi) is 4.59. The van der Waals surface area contributed by atoms with Crippen LogP contribution in [0.3, 0.4) is 0 Å². The molecule has 0 aromatic carbocycles. The third-order valence-electron chi connectivity index (χ3n) is 3.44. The SMILES string of the molecule is Cn1nnc(Br)c1S(=O)(=O)NC1CCCCC1CO. The van der Waals surface area contributed by atoms with Crippen LogP contribution in [-0.4, -0.2) is 41.2 Å². The molecule has 2 unspecified atom stereocenters. The van der Waals surface area contributed by atoms with Gasteiger partial charge >= 0.3 is 0 Å². The molecule has 1 aliphatic carbocycles. The van der Waals surface area contributed by atoms with Crippen LogP contribution in [0.2, 0.25) is 0 Å². The molecule has 1 heterocycles. The number of halogens is 1. The standard InChI is InChI=1S/C10H17BrN4O3S/c1-15-10(9(11)12-14-15)19(17,18)13-8-5-3-2-4-7(8)6-16/h7-8,13,16H,2-6H2,1H3. The van der Waals surface area contributed by atoms with Crippen molar-refractivity contribution < 1.29 is 13.5 Å². The molecule has 1 aliphatic rings. The second-order valence-electron chi connectivity index (χ2n) is 4.76. The van der Waals surface area contributed by atoms with Gasteiger partial charge in [0, 0.05) is 19.7 Å². The Morgan fingerprint density at radius 3 is 2.74 bits per heavy atom. The van der Waals surface area contributed by atoms with Gasteiger partial charge in [-0.05, 0) is 34.7 Å². The van der Waals surface area contributed by atoms with Crippen molar-refractivity contribution in [1.29, 1.82) is 0 Å². The van der Waals surface area contributed by atoms with Crippen LogP contribution in [0.5, 0.6) is 0 Å². The summed E-state index contributed by atoms with van der Waals surface area (Å²) in [5.41, 5.74) is 0. The fraction of sp³-hybridized carbons (Fsp3) is 0.800. The molecule has 2 rings (SSSR count). The van der Waals surface area contributed by atoms with E-state index in [1.807, 2.05) is 0 Å². The summed E-state index contributed by atoms with van der Waals surface area (Å²) in [5, 5.41) is 16.7. The van der Waals surface area contributed by atoms with Crippen molar-refractivity contribution in [2.24, 2.45) is 13.0 Å². The number of nitrogens with one attached hydrogen (secondary N) is 1. The van der Waals surface area contributed by atoms with Crippen molar-refractivity contribution in [2.75, 3.05) is 6.61 Å². The third kappa shape index (κ3) is 3.15. The molecule has 0 spiro atoms. The van der Waals surface area contributed by atoms with Gasteiger partial charge < -0.3 is 5.11 Å². The molecule has 1 aromatic rings. The highest BCUT2D eigenvalue weighted by Crippen LogP contribution is 2.26. The van der Waals surface area contributed by atoms with E-state index in [0.29, 0.717) is 0 Å². The van der Waals surface area contributed by atoms with E-state index in [1.54, 1.807) is 0 Å². The lowest BCUT2D eigenvalue weighted by molar-refractivity contribution is 0.164. The number of aliphatic hydroxyl groups excluding tert-OH is 1. The van der Waals surface area contributed by atoms with Crippen LogP contribution in [0.15, 0.2) is 9.63 Å². The smallest absolute Gasteiger partial charge is 0.260 e. The summed E-state index contributed by atoms with van der Waals surface area (Å²) in [6, 6.07) is -0.231. The molecule has 9 heteroatoms. The van der Waals surface area contributed by atoms with E-state index < -0.39 is 10.0 Å². The Balaban J connectivity index is 2.21. The first-order valence-corrected chi connectivity index (χ1v) is 8.41. The van der Waals surface area contributed by atoms with E-state index in [1.165, 1.54) is 11.7 Å². The highest BCUT2D eigenvalue weighted by Gasteiger charge is 2.32. The lowest BCUT2D eigenvalue weighted by Gasteiger charge is -2.30. The van der Waals surface area contributed by atoms with Crippen LogP contribution in [0.1, 0.15) is 25.7 Å². The molecule has 0 saturated heterocycles. The minimum Gasteiger partial charge on any atom is -0.396 e. The molecule has 0 bridgehead atoms. The summed E-state index contributed by atoms with van der Waals surface area (Å²) < 4.78 is 28.7. The Morgan fingerprint density at radius 2 is 2.16 bits per heavy atom. The molecule has 0 radical (unpaired) electrons. The summed E-state index contributed by atoms with van der Waals surface area (Å²) in [6.45, 7) is -0.00199. The van der Waals surface area contributed by atoms with Crippen molar-refractivity contribution in [3.8, 4) is 0 Å². The predicted octanol–water partition coefficient (Wildman–Crippen LogP) is 0.407. The Morgan fingerprint density at radius 1 is 1.47 bits per heavy atom. The molecule has 1 fully saturated rings. The molecule has 1 saturated carbocycles. The minimum atomic E-state index is -3.69. The van der Waals surface area contributed by atoms with Gasteiger partial charge in [-0.3, -0.25) is 0 Å². The van der Waals surface area contributed by atoms with Crippen LogP contribution in [-0.2, 0) is 17.1 Å². The summed E-state index contributed by atoms with van der Waals surface area (Å²) in [4.78, 5) is 0. The van der Waals surface area contributed by atoms with E-state index in [4.69, 9.17) is 0 Å². The zero-order chi connectivity index (χ0) is 14.0. The zero-order valence-corrected chi connectivity index (χ0v) is 13.0. The third-order valence-corrected chi connectivity index (χ3v) is 5.82. The number of sulfonamides is 1. The molecular formula is C10H17BrN4O3S. The number of aryl methyl sites for hydroxylation is 1. The number of hydrogen-bond acceptors (Lipinski definition) is 5. The number of nitrogens with zero attached hydrogens (tertiary/aromatic N) is 3. The van der Waals surface area contributed by atoms with E-state index >= 15 is 0 Å². The first-order chi connectivity index (χ1) is 8.95. The molecule has 1 aromatic heterocycles. The molecule has 0 amide bonds. The van der Waals surface area contributed by atoms with Gasteiger partial charge in [-0.1, -0.05) is 18.1 Å². The maximum absolute atomic E-state index is 12.3. The van der Waals surface area contributed by atoms with Gasteiger partial charge in [0.15, 0.2) is 4.60 Å². The van der Waals surface area contributed by atoms with Gasteiger partial charge in [0.05, 0.1) is 0 Å². The first kappa shape index (κ1) is 14.9. The average Bonchev–Trinajstić information content (AvgIpc) is 2.70. The molecule has 2 N–H and O–H groups in total. The number of rotatable bonds is 4. The highest BCUT2D eigenvalue weighted by atomic mass is 79.9. The van der Waals surface area contributed by atoms with Gasteiger partial charge in [-0.2, -0.15) is 0 Å². The van der Waals surface area contributed by atoms with Crippen molar-refractivity contribution in [2.45, 2.75) is 36.8 Å². The summed E-state index contributed by atoms with van der Waals surface area (Å²) in [6.07, 6.45) is 3.58. The molecular weight excluding hydrogens is 336 g/mol. The van der Waals surface area contributed by atoms with Gasteiger partial charge in [-0.15, -0.1) is 5.10 Å². The lowest BCUT2D eigenvalue weighted by Crippen LogP contribution is -2.43. The maximum atomic E-state index is 12.3. The number of aromatic nitrogens is 3. The van der Waals surface area contributed by atoms with Crippen LogP contribution < -0.4 is 4.72 Å². The van der Waals surface area contributed by atoms with Crippen LogP contribution in [0.25, 0.3) is 0 Å². The molecule has 0 aliphatic heterocycles. The molecule has 2 atom stereocenters.